The molecule has 44 heavy (non-hydrogen) atoms. The van der Waals surface area contributed by atoms with Gasteiger partial charge in [-0.05, 0) is 54.5 Å². The van der Waals surface area contributed by atoms with Crippen LogP contribution in [0.25, 0.3) is 10.8 Å². The number of aromatic nitrogens is 1. The van der Waals surface area contributed by atoms with E-state index in [1.165, 1.54) is 12.1 Å². The van der Waals surface area contributed by atoms with Crippen LogP contribution in [0.5, 0.6) is 0 Å². The lowest BCUT2D eigenvalue weighted by molar-refractivity contribution is 0.193. The second-order valence-electron chi connectivity index (χ2n) is 11.5. The zero-order chi connectivity index (χ0) is 31.0. The van der Waals surface area contributed by atoms with Gasteiger partial charge in [0.1, 0.15) is 12.0 Å². The van der Waals surface area contributed by atoms with Crippen molar-refractivity contribution < 1.29 is 12.8 Å². The van der Waals surface area contributed by atoms with Gasteiger partial charge >= 0.3 is 0 Å². The Balaban J connectivity index is 1.23. The molecular formula is C33H36ClFN6O2S. The number of hydrogen-bond acceptors (Lipinski definition) is 7. The average molecular weight is 635 g/mol. The van der Waals surface area contributed by atoms with Crippen molar-refractivity contribution in [3.63, 3.8) is 0 Å². The standard InChI is InChI=1S/C33H36ClFN6O2S/c1-22-29(37-33(28-10-4-5-15-36-28)38-32(22)26-14-13-23(35)20-27(26)34)21-40-16-18-41(19-17-40)44(42,43)31-12-7-8-24-25(31)9-6-11-30(24)39(2)3/h4-15,20,32-33,37-38H,16-19,21H2,1-3H3. The molecule has 0 saturated carbocycles. The van der Waals surface area contributed by atoms with Crippen molar-refractivity contribution in [2.24, 2.45) is 0 Å². The van der Waals surface area contributed by atoms with Crippen LogP contribution in [-0.2, 0) is 10.0 Å². The van der Waals surface area contributed by atoms with Crippen molar-refractivity contribution >= 4 is 38.1 Å². The Bertz CT molecular complexity index is 1810. The monoisotopic (exact) mass is 634 g/mol. The minimum atomic E-state index is -3.70. The predicted octanol–water partition coefficient (Wildman–Crippen LogP) is 5.31. The molecule has 0 aliphatic carbocycles. The summed E-state index contributed by atoms with van der Waals surface area (Å²) in [6, 6.07) is 21.2. The SMILES string of the molecule is CC1=C(CN2CCN(S(=O)(=O)c3cccc4c(N(C)C)cccc34)CC2)NC(c2ccccn2)NC1c1ccc(F)cc1Cl. The van der Waals surface area contributed by atoms with Crippen LogP contribution in [0.2, 0.25) is 5.02 Å². The topological polar surface area (TPSA) is 80.8 Å². The summed E-state index contributed by atoms with van der Waals surface area (Å²) in [6.07, 6.45) is 1.46. The molecule has 4 aromatic rings. The molecule has 11 heteroatoms. The number of halogens is 2. The van der Waals surface area contributed by atoms with Gasteiger partial charge in [0.15, 0.2) is 0 Å². The molecule has 2 N–H and O–H groups in total. The van der Waals surface area contributed by atoms with E-state index in [2.05, 4.69) is 20.5 Å². The van der Waals surface area contributed by atoms with E-state index in [4.69, 9.17) is 11.6 Å². The van der Waals surface area contributed by atoms with E-state index in [1.54, 1.807) is 22.6 Å². The van der Waals surface area contributed by atoms with Crippen molar-refractivity contribution in [3.05, 3.63) is 112 Å². The van der Waals surface area contributed by atoms with E-state index in [9.17, 15) is 12.8 Å². The number of pyridine rings is 1. The number of fused-ring (bicyclic) bond motifs is 1. The van der Waals surface area contributed by atoms with E-state index >= 15 is 0 Å². The Hall–Kier alpha value is -3.54. The number of benzene rings is 3. The smallest absolute Gasteiger partial charge is 0.243 e. The fourth-order valence-electron chi connectivity index (χ4n) is 6.10. The van der Waals surface area contributed by atoms with Gasteiger partial charge in [-0.2, -0.15) is 4.31 Å². The number of sulfonamides is 1. The van der Waals surface area contributed by atoms with Gasteiger partial charge in [0.05, 0.1) is 16.6 Å². The molecule has 8 nitrogen and oxygen atoms in total. The molecule has 0 bridgehead atoms. The molecule has 1 fully saturated rings. The van der Waals surface area contributed by atoms with Crippen LogP contribution in [0.1, 0.15) is 30.4 Å². The average Bonchev–Trinajstić information content (AvgIpc) is 3.02. The molecule has 6 rings (SSSR count). The van der Waals surface area contributed by atoms with E-state index in [0.29, 0.717) is 42.6 Å². The van der Waals surface area contributed by atoms with Crippen molar-refractivity contribution in [1.82, 2.24) is 24.8 Å². The molecular weight excluding hydrogens is 599 g/mol. The third-order valence-corrected chi connectivity index (χ3v) is 10.8. The molecule has 2 aliphatic rings. The van der Waals surface area contributed by atoms with Gasteiger partial charge in [-0.25, -0.2) is 12.8 Å². The van der Waals surface area contributed by atoms with Gasteiger partial charge in [0, 0.05) is 80.2 Å². The highest BCUT2D eigenvalue weighted by Gasteiger charge is 2.33. The zero-order valence-corrected chi connectivity index (χ0v) is 26.5. The Morgan fingerprint density at radius 2 is 1.73 bits per heavy atom. The van der Waals surface area contributed by atoms with Gasteiger partial charge in [0.2, 0.25) is 10.0 Å². The number of nitrogens with one attached hydrogen (secondary N) is 2. The predicted molar refractivity (Wildman–Crippen MR) is 174 cm³/mol. The van der Waals surface area contributed by atoms with Crippen molar-refractivity contribution in [2.45, 2.75) is 24.0 Å². The van der Waals surface area contributed by atoms with Crippen molar-refractivity contribution in [2.75, 3.05) is 51.7 Å². The highest BCUT2D eigenvalue weighted by Crippen LogP contribution is 2.36. The van der Waals surface area contributed by atoms with E-state index in [0.717, 1.165) is 39.0 Å². The molecule has 2 unspecified atom stereocenters. The van der Waals surface area contributed by atoms with E-state index in [1.807, 2.05) is 74.4 Å². The number of hydrogen-bond donors (Lipinski definition) is 2. The number of anilines is 1. The molecule has 3 aromatic carbocycles. The van der Waals surface area contributed by atoms with Crippen LogP contribution >= 0.6 is 11.6 Å². The second-order valence-corrected chi connectivity index (χ2v) is 13.8. The minimum absolute atomic E-state index is 0.258. The summed E-state index contributed by atoms with van der Waals surface area (Å²) in [4.78, 5) is 9.14. The van der Waals surface area contributed by atoms with Crippen LogP contribution in [0, 0.1) is 5.82 Å². The van der Waals surface area contributed by atoms with Crippen molar-refractivity contribution in [1.29, 1.82) is 0 Å². The fraction of sp³-hybridized carbons (Fsp3) is 0.303. The number of piperazine rings is 1. The summed E-state index contributed by atoms with van der Waals surface area (Å²) in [7, 11) is 0.215. The van der Waals surface area contributed by atoms with Crippen LogP contribution < -0.4 is 15.5 Å². The first-order valence-corrected chi connectivity index (χ1v) is 16.4. The summed E-state index contributed by atoms with van der Waals surface area (Å²) in [6.45, 7) is 4.56. The first-order chi connectivity index (χ1) is 21.1. The minimum Gasteiger partial charge on any atom is -0.377 e. The Morgan fingerprint density at radius 1 is 0.977 bits per heavy atom. The van der Waals surface area contributed by atoms with Gasteiger partial charge in [-0.1, -0.05) is 48.0 Å². The second kappa shape index (κ2) is 12.5. The van der Waals surface area contributed by atoms with E-state index in [-0.39, 0.29) is 18.0 Å². The van der Waals surface area contributed by atoms with E-state index < -0.39 is 10.0 Å². The number of nitrogens with zero attached hydrogens (tertiary/aromatic N) is 4. The lowest BCUT2D eigenvalue weighted by Gasteiger charge is -2.39. The lowest BCUT2D eigenvalue weighted by Crippen LogP contribution is -2.51. The highest BCUT2D eigenvalue weighted by molar-refractivity contribution is 7.89. The van der Waals surface area contributed by atoms with Crippen LogP contribution in [0.15, 0.2) is 95.2 Å². The maximum atomic E-state index is 13.9. The van der Waals surface area contributed by atoms with Crippen LogP contribution in [0.3, 0.4) is 0 Å². The summed E-state index contributed by atoms with van der Waals surface area (Å²) in [5.41, 5.74) is 4.63. The van der Waals surface area contributed by atoms with Gasteiger partial charge < -0.3 is 10.2 Å². The largest absolute Gasteiger partial charge is 0.377 e. The quantitative estimate of drug-likeness (QED) is 0.285. The molecule has 0 radical (unpaired) electrons. The molecule has 0 amide bonds. The third-order valence-electron chi connectivity index (χ3n) is 8.49. The first kappa shape index (κ1) is 30.5. The summed E-state index contributed by atoms with van der Waals surface area (Å²) in [5, 5.41) is 9.19. The molecule has 230 valence electrons. The van der Waals surface area contributed by atoms with Crippen molar-refractivity contribution in [3.8, 4) is 0 Å². The first-order valence-electron chi connectivity index (χ1n) is 14.6. The summed E-state index contributed by atoms with van der Waals surface area (Å²) in [5.74, 6) is -0.384. The zero-order valence-electron chi connectivity index (χ0n) is 25.0. The number of rotatable bonds is 7. The van der Waals surface area contributed by atoms with Crippen LogP contribution in [-0.4, -0.2) is 69.4 Å². The highest BCUT2D eigenvalue weighted by atomic mass is 35.5. The van der Waals surface area contributed by atoms with Gasteiger partial charge in [-0.15, -0.1) is 0 Å². The maximum absolute atomic E-state index is 13.9. The molecule has 1 saturated heterocycles. The van der Waals surface area contributed by atoms with Gasteiger partial charge in [-0.3, -0.25) is 15.2 Å². The molecule has 0 spiro atoms. The lowest BCUT2D eigenvalue weighted by atomic mass is 9.94. The Kier molecular flexibility index (Phi) is 8.63. The molecule has 2 atom stereocenters. The Labute approximate surface area is 263 Å². The summed E-state index contributed by atoms with van der Waals surface area (Å²) >= 11 is 6.52. The maximum Gasteiger partial charge on any atom is 0.243 e. The van der Waals surface area contributed by atoms with Crippen LogP contribution in [0.4, 0.5) is 10.1 Å². The third kappa shape index (κ3) is 5.92. The fourth-order valence-corrected chi connectivity index (χ4v) is 8.01. The molecule has 2 aliphatic heterocycles. The Morgan fingerprint density at radius 3 is 2.43 bits per heavy atom. The summed E-state index contributed by atoms with van der Waals surface area (Å²) < 4.78 is 43.3. The molecule has 3 heterocycles. The van der Waals surface area contributed by atoms with Gasteiger partial charge in [0.25, 0.3) is 0 Å². The molecule has 1 aromatic heterocycles. The normalized spacial score (nSPS) is 20.1.